The van der Waals surface area contributed by atoms with Crippen LogP contribution in [0.2, 0.25) is 0 Å². The number of aliphatic carboxylic acids is 1. The highest BCUT2D eigenvalue weighted by Gasteiger charge is 2.04. The molecule has 0 aliphatic heterocycles. The molecule has 0 fully saturated rings. The van der Waals surface area contributed by atoms with E-state index in [1.165, 1.54) is 6.20 Å². The van der Waals surface area contributed by atoms with Crippen LogP contribution in [0.5, 0.6) is 0 Å². The van der Waals surface area contributed by atoms with Crippen molar-refractivity contribution in [1.29, 1.82) is 0 Å². The van der Waals surface area contributed by atoms with E-state index in [0.29, 0.717) is 5.82 Å². The first-order valence-corrected chi connectivity index (χ1v) is 5.01. The van der Waals surface area contributed by atoms with Gasteiger partial charge < -0.3 is 15.7 Å². The molecule has 7 heteroatoms. The van der Waals surface area contributed by atoms with E-state index in [-0.39, 0.29) is 13.1 Å². The van der Waals surface area contributed by atoms with Gasteiger partial charge in [0, 0.05) is 0 Å². The van der Waals surface area contributed by atoms with Crippen molar-refractivity contribution in [1.82, 2.24) is 15.3 Å². The summed E-state index contributed by atoms with van der Waals surface area (Å²) in [7, 11) is 0. The third-order valence-corrected chi connectivity index (χ3v) is 2.06. The van der Waals surface area contributed by atoms with Crippen LogP contribution in [0.25, 0.3) is 0 Å². The Kier molecular flexibility index (Phi) is 4.38. The van der Waals surface area contributed by atoms with Gasteiger partial charge >= 0.3 is 5.97 Å². The summed E-state index contributed by atoms with van der Waals surface area (Å²) >= 11 is 0. The number of aromatic nitrogens is 2. The van der Waals surface area contributed by atoms with Crippen LogP contribution in [-0.2, 0) is 9.59 Å². The molecule has 0 unspecified atom stereocenters. The minimum absolute atomic E-state index is 0.0372. The van der Waals surface area contributed by atoms with Crippen LogP contribution in [-0.4, -0.2) is 40.0 Å². The molecule has 1 rings (SSSR count). The minimum Gasteiger partial charge on any atom is -0.480 e. The van der Waals surface area contributed by atoms with Crippen molar-refractivity contribution in [2.75, 3.05) is 18.4 Å². The summed E-state index contributed by atoms with van der Waals surface area (Å²) in [5, 5.41) is 13.3. The zero-order valence-corrected chi connectivity index (χ0v) is 9.65. The summed E-state index contributed by atoms with van der Waals surface area (Å²) in [6, 6.07) is 0. The third-order valence-electron chi connectivity index (χ3n) is 2.06. The van der Waals surface area contributed by atoms with Gasteiger partial charge in [-0.3, -0.25) is 14.6 Å². The molecule has 1 aromatic heterocycles. The Labute approximate surface area is 98.3 Å². The van der Waals surface area contributed by atoms with Gasteiger partial charge in [0.15, 0.2) is 0 Å². The van der Waals surface area contributed by atoms with Crippen LogP contribution in [0.15, 0.2) is 6.20 Å². The summed E-state index contributed by atoms with van der Waals surface area (Å²) < 4.78 is 0. The van der Waals surface area contributed by atoms with Crippen molar-refractivity contribution in [3.63, 3.8) is 0 Å². The number of anilines is 1. The fraction of sp³-hybridized carbons (Fsp3) is 0.400. The Balaban J connectivity index is 2.42. The molecule has 0 atom stereocenters. The van der Waals surface area contributed by atoms with E-state index in [4.69, 9.17) is 5.11 Å². The van der Waals surface area contributed by atoms with Crippen molar-refractivity contribution in [2.45, 2.75) is 13.8 Å². The lowest BCUT2D eigenvalue weighted by Crippen LogP contribution is -2.34. The molecular formula is C10H14N4O3. The van der Waals surface area contributed by atoms with Gasteiger partial charge in [-0.1, -0.05) is 0 Å². The van der Waals surface area contributed by atoms with Gasteiger partial charge in [-0.2, -0.15) is 0 Å². The van der Waals surface area contributed by atoms with Crippen LogP contribution in [0, 0.1) is 13.8 Å². The smallest absolute Gasteiger partial charge is 0.322 e. The van der Waals surface area contributed by atoms with Gasteiger partial charge in [0.25, 0.3) is 0 Å². The molecule has 1 amide bonds. The van der Waals surface area contributed by atoms with Crippen LogP contribution < -0.4 is 10.6 Å². The molecule has 0 aliphatic carbocycles. The monoisotopic (exact) mass is 238 g/mol. The average molecular weight is 238 g/mol. The lowest BCUT2D eigenvalue weighted by molar-refractivity contribution is -0.137. The van der Waals surface area contributed by atoms with E-state index in [0.717, 1.165) is 11.4 Å². The zero-order chi connectivity index (χ0) is 12.8. The van der Waals surface area contributed by atoms with Crippen LogP contribution >= 0.6 is 0 Å². The zero-order valence-electron chi connectivity index (χ0n) is 9.65. The molecule has 3 N–H and O–H groups in total. The highest BCUT2D eigenvalue weighted by atomic mass is 16.4. The predicted octanol–water partition coefficient (Wildman–Crippen LogP) is -0.294. The predicted molar refractivity (Wildman–Crippen MR) is 60.6 cm³/mol. The highest BCUT2D eigenvalue weighted by molar-refractivity contribution is 5.84. The topological polar surface area (TPSA) is 104 Å². The van der Waals surface area contributed by atoms with Gasteiger partial charge in [-0.15, -0.1) is 0 Å². The number of carbonyl (C=O) groups is 2. The quantitative estimate of drug-likeness (QED) is 0.651. The number of nitrogens with zero attached hydrogens (tertiary/aromatic N) is 2. The Hall–Kier alpha value is -2.18. The summed E-state index contributed by atoms with van der Waals surface area (Å²) in [4.78, 5) is 29.6. The van der Waals surface area contributed by atoms with E-state index in [9.17, 15) is 9.59 Å². The van der Waals surface area contributed by atoms with Gasteiger partial charge in [-0.05, 0) is 13.8 Å². The van der Waals surface area contributed by atoms with Crippen molar-refractivity contribution < 1.29 is 14.7 Å². The van der Waals surface area contributed by atoms with E-state index >= 15 is 0 Å². The summed E-state index contributed by atoms with van der Waals surface area (Å²) in [6.07, 6.45) is 1.52. The number of aryl methyl sites for hydroxylation is 2. The lowest BCUT2D eigenvalue weighted by atomic mass is 10.3. The summed E-state index contributed by atoms with van der Waals surface area (Å²) in [5.41, 5.74) is 1.60. The Bertz CT molecular complexity index is 434. The molecule has 0 aliphatic rings. The Morgan fingerprint density at radius 1 is 1.29 bits per heavy atom. The number of hydrogen-bond donors (Lipinski definition) is 3. The molecule has 0 saturated carbocycles. The number of carboxylic acid groups (broad SMARTS) is 1. The molecule has 0 spiro atoms. The SMILES string of the molecule is Cc1ncc(NCC(=O)NCC(=O)O)nc1C. The van der Waals surface area contributed by atoms with Crippen molar-refractivity contribution in [2.24, 2.45) is 0 Å². The molecule has 1 heterocycles. The normalized spacial score (nSPS) is 9.76. The maximum Gasteiger partial charge on any atom is 0.322 e. The van der Waals surface area contributed by atoms with Crippen LogP contribution in [0.1, 0.15) is 11.4 Å². The molecule has 0 bridgehead atoms. The minimum atomic E-state index is -1.08. The van der Waals surface area contributed by atoms with Crippen molar-refractivity contribution >= 4 is 17.7 Å². The molecular weight excluding hydrogens is 224 g/mol. The van der Waals surface area contributed by atoms with Gasteiger partial charge in [0.1, 0.15) is 12.4 Å². The standard InChI is InChI=1S/C10H14N4O3/c1-6-7(2)14-8(3-11-6)12-4-9(15)13-5-10(16)17/h3H,4-5H2,1-2H3,(H,12,14)(H,13,15)(H,16,17). The van der Waals surface area contributed by atoms with Crippen molar-refractivity contribution in [3.05, 3.63) is 17.6 Å². The molecule has 0 aromatic carbocycles. The maximum atomic E-state index is 11.2. The van der Waals surface area contributed by atoms with Gasteiger partial charge in [0.05, 0.1) is 24.1 Å². The average Bonchev–Trinajstić information content (AvgIpc) is 2.28. The van der Waals surface area contributed by atoms with Crippen LogP contribution in [0.3, 0.4) is 0 Å². The number of carboxylic acids is 1. The second-order valence-corrected chi connectivity index (χ2v) is 3.45. The Morgan fingerprint density at radius 2 is 2.00 bits per heavy atom. The summed E-state index contributed by atoms with van der Waals surface area (Å²) in [6.45, 7) is 3.23. The van der Waals surface area contributed by atoms with E-state index < -0.39 is 11.9 Å². The van der Waals surface area contributed by atoms with Gasteiger partial charge in [0.2, 0.25) is 5.91 Å². The number of rotatable bonds is 5. The number of hydrogen-bond acceptors (Lipinski definition) is 5. The maximum absolute atomic E-state index is 11.2. The van der Waals surface area contributed by atoms with Crippen LogP contribution in [0.4, 0.5) is 5.82 Å². The Morgan fingerprint density at radius 3 is 2.59 bits per heavy atom. The number of carbonyl (C=O) groups excluding carboxylic acids is 1. The number of amides is 1. The fourth-order valence-corrected chi connectivity index (χ4v) is 1.03. The number of nitrogens with one attached hydrogen (secondary N) is 2. The second-order valence-electron chi connectivity index (χ2n) is 3.45. The first-order valence-electron chi connectivity index (χ1n) is 5.01. The van der Waals surface area contributed by atoms with E-state index in [2.05, 4.69) is 20.6 Å². The first kappa shape index (κ1) is 12.9. The molecule has 0 saturated heterocycles. The molecule has 7 nitrogen and oxygen atoms in total. The fourth-order valence-electron chi connectivity index (χ4n) is 1.03. The largest absolute Gasteiger partial charge is 0.480 e. The van der Waals surface area contributed by atoms with Gasteiger partial charge in [-0.25, -0.2) is 4.98 Å². The molecule has 92 valence electrons. The highest BCUT2D eigenvalue weighted by Crippen LogP contribution is 2.04. The van der Waals surface area contributed by atoms with E-state index in [1.807, 2.05) is 13.8 Å². The van der Waals surface area contributed by atoms with Crippen molar-refractivity contribution in [3.8, 4) is 0 Å². The molecule has 1 aromatic rings. The first-order chi connectivity index (χ1) is 7.99. The molecule has 17 heavy (non-hydrogen) atoms. The second kappa shape index (κ2) is 5.78. The summed E-state index contributed by atoms with van der Waals surface area (Å²) in [5.74, 6) is -1.00. The molecule has 0 radical (unpaired) electrons. The third kappa shape index (κ3) is 4.45. The lowest BCUT2D eigenvalue weighted by Gasteiger charge is -2.06. The van der Waals surface area contributed by atoms with E-state index in [1.54, 1.807) is 0 Å².